The molecule has 3 heteroatoms. The average Bonchev–Trinajstić information content (AvgIpc) is 2.49. The molecule has 2 N–H and O–H groups in total. The third-order valence-electron chi connectivity index (χ3n) is 5.52. The van der Waals surface area contributed by atoms with Gasteiger partial charge in [0.05, 0.1) is 0 Å². The molecule has 1 aromatic carbocycles. The Bertz CT molecular complexity index is 522. The van der Waals surface area contributed by atoms with E-state index in [-0.39, 0.29) is 5.78 Å². The van der Waals surface area contributed by atoms with Crippen LogP contribution in [-0.2, 0) is 0 Å². The first-order chi connectivity index (χ1) is 10.1. The molecule has 3 rings (SSSR count). The number of hydrogen-bond acceptors (Lipinski definition) is 3. The summed E-state index contributed by atoms with van der Waals surface area (Å²) < 4.78 is 0. The lowest BCUT2D eigenvalue weighted by atomic mass is 9.68. The van der Waals surface area contributed by atoms with Crippen LogP contribution in [0.5, 0.6) is 0 Å². The van der Waals surface area contributed by atoms with Gasteiger partial charge in [0.15, 0.2) is 5.78 Å². The van der Waals surface area contributed by atoms with Gasteiger partial charge in [0.25, 0.3) is 0 Å². The number of anilines is 2. The van der Waals surface area contributed by atoms with Crippen LogP contribution in [0.4, 0.5) is 11.4 Å². The SMILES string of the molecule is CC(=O)c1cc(N2CCC3(CCCCC3)CC2)ccc1N. The third kappa shape index (κ3) is 2.92. The molecule has 0 radical (unpaired) electrons. The normalized spacial score (nSPS) is 21.5. The predicted octanol–water partition coefficient (Wildman–Crippen LogP) is 4.02. The fourth-order valence-electron chi connectivity index (χ4n) is 4.09. The van der Waals surface area contributed by atoms with Crippen LogP contribution in [-0.4, -0.2) is 18.9 Å². The lowest BCUT2D eigenvalue weighted by Crippen LogP contribution is -2.41. The van der Waals surface area contributed by atoms with Gasteiger partial charge in [-0.25, -0.2) is 0 Å². The molecule has 0 atom stereocenters. The van der Waals surface area contributed by atoms with E-state index in [1.165, 1.54) is 44.9 Å². The minimum atomic E-state index is 0.0510. The van der Waals surface area contributed by atoms with E-state index in [9.17, 15) is 4.79 Å². The molecule has 2 fully saturated rings. The largest absolute Gasteiger partial charge is 0.398 e. The van der Waals surface area contributed by atoms with Crippen molar-refractivity contribution in [3.05, 3.63) is 23.8 Å². The van der Waals surface area contributed by atoms with Gasteiger partial charge in [-0.15, -0.1) is 0 Å². The minimum absolute atomic E-state index is 0.0510. The zero-order chi connectivity index (χ0) is 14.9. The van der Waals surface area contributed by atoms with Gasteiger partial charge >= 0.3 is 0 Å². The van der Waals surface area contributed by atoms with E-state index in [1.807, 2.05) is 12.1 Å². The number of ketones is 1. The van der Waals surface area contributed by atoms with E-state index in [2.05, 4.69) is 11.0 Å². The first-order valence-corrected chi connectivity index (χ1v) is 8.25. The Labute approximate surface area is 127 Å². The molecular weight excluding hydrogens is 260 g/mol. The number of benzene rings is 1. The molecule has 1 saturated heterocycles. The molecule has 1 aromatic rings. The summed E-state index contributed by atoms with van der Waals surface area (Å²) in [6.07, 6.45) is 9.68. The Kier molecular flexibility index (Phi) is 3.92. The van der Waals surface area contributed by atoms with Crippen LogP contribution in [0.15, 0.2) is 18.2 Å². The summed E-state index contributed by atoms with van der Waals surface area (Å²) in [7, 11) is 0. The summed E-state index contributed by atoms with van der Waals surface area (Å²) in [5.41, 5.74) is 8.91. The maximum Gasteiger partial charge on any atom is 0.161 e. The molecule has 0 unspecified atom stereocenters. The van der Waals surface area contributed by atoms with Crippen LogP contribution < -0.4 is 10.6 Å². The van der Waals surface area contributed by atoms with Crippen molar-refractivity contribution in [2.45, 2.75) is 51.9 Å². The van der Waals surface area contributed by atoms with Gasteiger partial charge in [0, 0.05) is 30.0 Å². The highest BCUT2D eigenvalue weighted by Crippen LogP contribution is 2.45. The fourth-order valence-corrected chi connectivity index (χ4v) is 4.09. The molecule has 114 valence electrons. The van der Waals surface area contributed by atoms with Gasteiger partial charge in [0.1, 0.15) is 0 Å². The summed E-state index contributed by atoms with van der Waals surface area (Å²) in [6.45, 7) is 3.81. The highest BCUT2D eigenvalue weighted by atomic mass is 16.1. The number of carbonyl (C=O) groups is 1. The second-order valence-electron chi connectivity index (χ2n) is 6.88. The Balaban J connectivity index is 1.72. The van der Waals surface area contributed by atoms with Crippen molar-refractivity contribution in [2.75, 3.05) is 23.7 Å². The number of piperidine rings is 1. The number of rotatable bonds is 2. The molecule has 2 aliphatic rings. The average molecular weight is 286 g/mol. The van der Waals surface area contributed by atoms with Gasteiger partial charge in [-0.2, -0.15) is 0 Å². The molecule has 1 aliphatic carbocycles. The zero-order valence-electron chi connectivity index (χ0n) is 13.0. The summed E-state index contributed by atoms with van der Waals surface area (Å²) in [6, 6.07) is 5.90. The Morgan fingerprint density at radius 3 is 2.38 bits per heavy atom. The van der Waals surface area contributed by atoms with E-state index in [1.54, 1.807) is 6.92 Å². The second kappa shape index (κ2) is 5.70. The quantitative estimate of drug-likeness (QED) is 0.659. The van der Waals surface area contributed by atoms with Crippen LogP contribution in [0.2, 0.25) is 0 Å². The van der Waals surface area contributed by atoms with Crippen molar-refractivity contribution >= 4 is 17.2 Å². The van der Waals surface area contributed by atoms with Gasteiger partial charge in [-0.1, -0.05) is 19.3 Å². The van der Waals surface area contributed by atoms with Crippen molar-refractivity contribution in [2.24, 2.45) is 5.41 Å². The first kappa shape index (κ1) is 14.4. The number of Topliss-reactive ketones (excluding diaryl/α,β-unsaturated/α-hetero) is 1. The Hall–Kier alpha value is -1.51. The Morgan fingerprint density at radius 1 is 1.10 bits per heavy atom. The van der Waals surface area contributed by atoms with Crippen molar-refractivity contribution < 1.29 is 4.79 Å². The summed E-state index contributed by atoms with van der Waals surface area (Å²) in [5, 5.41) is 0. The second-order valence-corrected chi connectivity index (χ2v) is 6.88. The van der Waals surface area contributed by atoms with E-state index in [4.69, 9.17) is 5.73 Å². The summed E-state index contributed by atoms with van der Waals surface area (Å²) in [4.78, 5) is 14.1. The zero-order valence-corrected chi connectivity index (χ0v) is 13.0. The minimum Gasteiger partial charge on any atom is -0.398 e. The summed E-state index contributed by atoms with van der Waals surface area (Å²) >= 11 is 0. The van der Waals surface area contributed by atoms with Gasteiger partial charge in [-0.3, -0.25) is 4.79 Å². The van der Waals surface area contributed by atoms with E-state index < -0.39 is 0 Å². The molecule has 1 spiro atoms. The molecular formula is C18H26N2O. The van der Waals surface area contributed by atoms with Crippen LogP contribution in [0.1, 0.15) is 62.2 Å². The highest BCUT2D eigenvalue weighted by Gasteiger charge is 2.35. The van der Waals surface area contributed by atoms with Crippen molar-refractivity contribution in [3.63, 3.8) is 0 Å². The third-order valence-corrected chi connectivity index (χ3v) is 5.52. The fraction of sp³-hybridized carbons (Fsp3) is 0.611. The van der Waals surface area contributed by atoms with Crippen molar-refractivity contribution in [1.82, 2.24) is 0 Å². The van der Waals surface area contributed by atoms with Gasteiger partial charge < -0.3 is 10.6 Å². The van der Waals surface area contributed by atoms with Crippen molar-refractivity contribution in [3.8, 4) is 0 Å². The Morgan fingerprint density at radius 2 is 1.76 bits per heavy atom. The smallest absolute Gasteiger partial charge is 0.161 e. The molecule has 0 amide bonds. The number of nitrogens with zero attached hydrogens (tertiary/aromatic N) is 1. The lowest BCUT2D eigenvalue weighted by Gasteiger charge is -2.45. The predicted molar refractivity (Wildman–Crippen MR) is 87.8 cm³/mol. The van der Waals surface area contributed by atoms with Crippen LogP contribution in [0.25, 0.3) is 0 Å². The monoisotopic (exact) mass is 286 g/mol. The molecule has 0 aromatic heterocycles. The van der Waals surface area contributed by atoms with E-state index in [0.29, 0.717) is 16.7 Å². The maximum absolute atomic E-state index is 11.6. The standard InChI is InChI=1S/C18H26N2O/c1-14(21)16-13-15(5-6-17(16)19)20-11-9-18(10-12-20)7-3-2-4-8-18/h5-6,13H,2-4,7-12,19H2,1H3. The number of hydrogen-bond donors (Lipinski definition) is 1. The van der Waals surface area contributed by atoms with Crippen molar-refractivity contribution in [1.29, 1.82) is 0 Å². The number of nitrogens with two attached hydrogens (primary N) is 1. The number of nitrogen functional groups attached to an aromatic ring is 1. The van der Waals surface area contributed by atoms with Gasteiger partial charge in [0.2, 0.25) is 0 Å². The number of carbonyl (C=O) groups excluding carboxylic acids is 1. The molecule has 1 saturated carbocycles. The first-order valence-electron chi connectivity index (χ1n) is 8.25. The maximum atomic E-state index is 11.6. The van der Waals surface area contributed by atoms with Crippen LogP contribution in [0.3, 0.4) is 0 Å². The lowest BCUT2D eigenvalue weighted by molar-refractivity contribution is 0.101. The molecule has 0 bridgehead atoms. The van der Waals surface area contributed by atoms with E-state index in [0.717, 1.165) is 18.8 Å². The highest BCUT2D eigenvalue weighted by molar-refractivity contribution is 6.00. The molecule has 1 heterocycles. The topological polar surface area (TPSA) is 46.3 Å². The molecule has 3 nitrogen and oxygen atoms in total. The molecule has 21 heavy (non-hydrogen) atoms. The summed E-state index contributed by atoms with van der Waals surface area (Å²) in [5.74, 6) is 0.0510. The molecule has 1 aliphatic heterocycles. The van der Waals surface area contributed by atoms with Gasteiger partial charge in [-0.05, 0) is 56.2 Å². The van der Waals surface area contributed by atoms with E-state index >= 15 is 0 Å². The van der Waals surface area contributed by atoms with Crippen LogP contribution in [0, 0.1) is 5.41 Å². The van der Waals surface area contributed by atoms with Crippen LogP contribution >= 0.6 is 0 Å².